The summed E-state index contributed by atoms with van der Waals surface area (Å²) in [6, 6.07) is 4.27. The molecule has 1 atom stereocenters. The Bertz CT molecular complexity index is 680. The molecule has 0 saturated carbocycles. The molecule has 1 heterocycles. The van der Waals surface area contributed by atoms with Crippen molar-refractivity contribution < 1.29 is 23.1 Å². The van der Waals surface area contributed by atoms with Crippen LogP contribution in [0.5, 0.6) is 0 Å². The lowest BCUT2D eigenvalue weighted by molar-refractivity contribution is 0.0730. The van der Waals surface area contributed by atoms with E-state index < -0.39 is 15.9 Å². The van der Waals surface area contributed by atoms with E-state index in [0.29, 0.717) is 38.3 Å². The number of rotatable bonds is 6. The first-order valence-corrected chi connectivity index (χ1v) is 9.44. The Morgan fingerprint density at radius 2 is 2.04 bits per heavy atom. The fourth-order valence-corrected chi connectivity index (χ4v) is 4.15. The van der Waals surface area contributed by atoms with E-state index in [9.17, 15) is 18.3 Å². The molecule has 0 spiro atoms. The molecule has 0 aliphatic carbocycles. The van der Waals surface area contributed by atoms with Gasteiger partial charge in [0.25, 0.3) is 5.91 Å². The molecule has 0 radical (unpaired) electrons. The summed E-state index contributed by atoms with van der Waals surface area (Å²) in [6.45, 7) is 4.75. The van der Waals surface area contributed by atoms with E-state index in [-0.39, 0.29) is 23.1 Å². The highest BCUT2D eigenvalue weighted by Crippen LogP contribution is 2.22. The number of aliphatic hydroxyl groups is 1. The van der Waals surface area contributed by atoms with Crippen LogP contribution < -0.4 is 5.32 Å². The van der Waals surface area contributed by atoms with Crippen LogP contribution in [0.15, 0.2) is 23.1 Å². The van der Waals surface area contributed by atoms with Crippen LogP contribution in [-0.4, -0.2) is 62.7 Å². The molecular formula is C16H24N2O5S. The van der Waals surface area contributed by atoms with E-state index in [1.165, 1.54) is 10.4 Å². The van der Waals surface area contributed by atoms with Crippen LogP contribution in [0.25, 0.3) is 0 Å². The van der Waals surface area contributed by atoms with Crippen molar-refractivity contribution in [3.05, 3.63) is 29.3 Å². The van der Waals surface area contributed by atoms with Gasteiger partial charge in [-0.2, -0.15) is 4.31 Å². The predicted octanol–water partition coefficient (Wildman–Crippen LogP) is 0.517. The number of amides is 1. The summed E-state index contributed by atoms with van der Waals surface area (Å²) in [6.07, 6.45) is 0.590. The van der Waals surface area contributed by atoms with Crippen LogP contribution in [-0.2, 0) is 14.8 Å². The molecule has 24 heavy (non-hydrogen) atoms. The first-order valence-electron chi connectivity index (χ1n) is 8.00. The normalized spacial score (nSPS) is 17.5. The number of aryl methyl sites for hydroxylation is 1. The number of carbonyl (C=O) groups is 1. The maximum atomic E-state index is 12.8. The second-order valence-electron chi connectivity index (χ2n) is 5.76. The van der Waals surface area contributed by atoms with Gasteiger partial charge < -0.3 is 15.2 Å². The van der Waals surface area contributed by atoms with Crippen LogP contribution in [0.1, 0.15) is 29.3 Å². The largest absolute Gasteiger partial charge is 0.394 e. The zero-order valence-corrected chi connectivity index (χ0v) is 14.8. The van der Waals surface area contributed by atoms with E-state index in [1.54, 1.807) is 19.1 Å². The van der Waals surface area contributed by atoms with Gasteiger partial charge in [-0.3, -0.25) is 4.79 Å². The zero-order valence-electron chi connectivity index (χ0n) is 14.0. The predicted molar refractivity (Wildman–Crippen MR) is 89.4 cm³/mol. The quantitative estimate of drug-likeness (QED) is 0.775. The highest BCUT2D eigenvalue weighted by molar-refractivity contribution is 7.89. The van der Waals surface area contributed by atoms with Crippen molar-refractivity contribution >= 4 is 15.9 Å². The standard InChI is InChI=1S/C16H24N2O5S/c1-3-14(11-19)17-16(20)13-5-4-12(2)15(10-13)24(21,22)18-6-8-23-9-7-18/h4-5,10,14,19H,3,6-9,11H2,1-2H3,(H,17,20). The lowest BCUT2D eigenvalue weighted by Gasteiger charge is -2.26. The number of aliphatic hydroxyl groups excluding tert-OH is 1. The molecule has 1 saturated heterocycles. The van der Waals surface area contributed by atoms with Crippen LogP contribution >= 0.6 is 0 Å². The lowest BCUT2D eigenvalue weighted by atomic mass is 10.1. The van der Waals surface area contributed by atoms with Crippen molar-refractivity contribution in [3.8, 4) is 0 Å². The summed E-state index contributed by atoms with van der Waals surface area (Å²) in [5, 5.41) is 11.9. The van der Waals surface area contributed by atoms with Gasteiger partial charge in [0.2, 0.25) is 10.0 Å². The molecule has 1 amide bonds. The molecule has 1 fully saturated rings. The average molecular weight is 356 g/mol. The molecule has 7 nitrogen and oxygen atoms in total. The number of hydrogen-bond acceptors (Lipinski definition) is 5. The minimum Gasteiger partial charge on any atom is -0.394 e. The molecule has 2 N–H and O–H groups in total. The molecule has 1 aliphatic heterocycles. The minimum absolute atomic E-state index is 0.133. The fraction of sp³-hybridized carbons (Fsp3) is 0.562. The van der Waals surface area contributed by atoms with E-state index in [0.717, 1.165) is 0 Å². The summed E-state index contributed by atoms with van der Waals surface area (Å²) in [5.74, 6) is -0.394. The smallest absolute Gasteiger partial charge is 0.251 e. The first-order chi connectivity index (χ1) is 11.4. The third-order valence-electron chi connectivity index (χ3n) is 4.09. The van der Waals surface area contributed by atoms with E-state index >= 15 is 0 Å². The van der Waals surface area contributed by atoms with Crippen molar-refractivity contribution in [2.45, 2.75) is 31.2 Å². The topological polar surface area (TPSA) is 95.9 Å². The highest BCUT2D eigenvalue weighted by Gasteiger charge is 2.28. The third-order valence-corrected chi connectivity index (χ3v) is 6.13. The molecule has 1 aromatic carbocycles. The van der Waals surface area contributed by atoms with Gasteiger partial charge in [-0.1, -0.05) is 13.0 Å². The number of benzene rings is 1. The first kappa shape index (κ1) is 18.9. The fourth-order valence-electron chi connectivity index (χ4n) is 2.49. The number of sulfonamides is 1. The summed E-state index contributed by atoms with van der Waals surface area (Å²) in [4.78, 5) is 12.4. The van der Waals surface area contributed by atoms with Crippen molar-refractivity contribution in [2.24, 2.45) is 0 Å². The Morgan fingerprint density at radius 1 is 1.38 bits per heavy atom. The van der Waals surface area contributed by atoms with Crippen LogP contribution in [0, 0.1) is 6.92 Å². The Kier molecular flexibility index (Phi) is 6.34. The molecule has 0 aromatic heterocycles. The van der Waals surface area contributed by atoms with Crippen molar-refractivity contribution in [2.75, 3.05) is 32.9 Å². The molecular weight excluding hydrogens is 332 g/mol. The van der Waals surface area contributed by atoms with Crippen molar-refractivity contribution in [3.63, 3.8) is 0 Å². The number of carbonyl (C=O) groups excluding carboxylic acids is 1. The number of ether oxygens (including phenoxy) is 1. The van der Waals surface area contributed by atoms with Gasteiger partial charge in [-0.15, -0.1) is 0 Å². The second-order valence-corrected chi connectivity index (χ2v) is 7.66. The Hall–Kier alpha value is -1.48. The SMILES string of the molecule is CCC(CO)NC(=O)c1ccc(C)c(S(=O)(=O)N2CCOCC2)c1. The summed E-state index contributed by atoms with van der Waals surface area (Å²) in [7, 11) is -3.66. The Morgan fingerprint density at radius 3 is 2.62 bits per heavy atom. The number of morpholine rings is 1. The van der Waals surface area contributed by atoms with Gasteiger partial charge in [0, 0.05) is 18.7 Å². The van der Waals surface area contributed by atoms with E-state index in [1.807, 2.05) is 6.92 Å². The molecule has 134 valence electrons. The summed E-state index contributed by atoms with van der Waals surface area (Å²) >= 11 is 0. The zero-order chi connectivity index (χ0) is 17.7. The van der Waals surface area contributed by atoms with E-state index in [4.69, 9.17) is 4.74 Å². The van der Waals surface area contributed by atoms with Crippen molar-refractivity contribution in [1.29, 1.82) is 0 Å². The number of hydrogen-bond donors (Lipinski definition) is 2. The van der Waals surface area contributed by atoms with Gasteiger partial charge in [0.05, 0.1) is 30.8 Å². The van der Waals surface area contributed by atoms with E-state index in [2.05, 4.69) is 5.32 Å². The monoisotopic (exact) mass is 356 g/mol. The van der Waals surface area contributed by atoms with Crippen molar-refractivity contribution in [1.82, 2.24) is 9.62 Å². The van der Waals surface area contributed by atoms with Gasteiger partial charge in [0.1, 0.15) is 0 Å². The van der Waals surface area contributed by atoms with Crippen LogP contribution in [0.3, 0.4) is 0 Å². The van der Waals surface area contributed by atoms with Crippen LogP contribution in [0.4, 0.5) is 0 Å². The molecule has 0 bridgehead atoms. The highest BCUT2D eigenvalue weighted by atomic mass is 32.2. The van der Waals surface area contributed by atoms with Crippen LogP contribution in [0.2, 0.25) is 0 Å². The van der Waals surface area contributed by atoms with Gasteiger partial charge >= 0.3 is 0 Å². The summed E-state index contributed by atoms with van der Waals surface area (Å²) < 4.78 is 32.2. The summed E-state index contributed by atoms with van der Waals surface area (Å²) in [5.41, 5.74) is 0.853. The maximum absolute atomic E-state index is 12.8. The van der Waals surface area contributed by atoms with Gasteiger partial charge in [-0.05, 0) is 31.0 Å². The Balaban J connectivity index is 2.29. The Labute approximate surface area is 142 Å². The maximum Gasteiger partial charge on any atom is 0.251 e. The molecule has 1 aliphatic rings. The lowest BCUT2D eigenvalue weighted by Crippen LogP contribution is -2.41. The third kappa shape index (κ3) is 4.13. The molecule has 2 rings (SSSR count). The molecule has 1 unspecified atom stereocenters. The second kappa shape index (κ2) is 8.06. The van der Waals surface area contributed by atoms with Gasteiger partial charge in [-0.25, -0.2) is 8.42 Å². The minimum atomic E-state index is -3.66. The number of nitrogens with zero attached hydrogens (tertiary/aromatic N) is 1. The average Bonchev–Trinajstić information content (AvgIpc) is 2.60. The van der Waals surface area contributed by atoms with Gasteiger partial charge in [0.15, 0.2) is 0 Å². The molecule has 1 aromatic rings. The number of nitrogens with one attached hydrogen (secondary N) is 1. The molecule has 8 heteroatoms.